The highest BCUT2D eigenvalue weighted by atomic mass is 16.6. The Morgan fingerprint density at radius 1 is 1.15 bits per heavy atom. The van der Waals surface area contributed by atoms with Gasteiger partial charge in [-0.15, -0.1) is 10.2 Å². The predicted octanol–water partition coefficient (Wildman–Crippen LogP) is 3.61. The number of benzene rings is 1. The molecule has 1 N–H and O–H groups in total. The molecule has 0 bridgehead atoms. The molecule has 1 aromatic carbocycles. The molecule has 0 radical (unpaired) electrons. The molecule has 3 aromatic rings. The molecule has 8 heteroatoms. The fourth-order valence-corrected chi connectivity index (χ4v) is 3.16. The Kier molecular flexibility index (Phi) is 5.04. The van der Waals surface area contributed by atoms with Gasteiger partial charge in [-0.3, -0.25) is 4.98 Å². The van der Waals surface area contributed by atoms with Gasteiger partial charge in [0, 0.05) is 11.6 Å². The van der Waals surface area contributed by atoms with E-state index >= 15 is 0 Å². The van der Waals surface area contributed by atoms with Crippen molar-refractivity contribution in [2.24, 2.45) is 0 Å². The lowest BCUT2D eigenvalue weighted by molar-refractivity contribution is 0.192. The monoisotopic (exact) mass is 365 g/mol. The van der Waals surface area contributed by atoms with Crippen LogP contribution in [-0.4, -0.2) is 32.3 Å². The second-order valence-corrected chi connectivity index (χ2v) is 6.43. The zero-order valence-electron chi connectivity index (χ0n) is 14.7. The average Bonchev–Trinajstić information content (AvgIpc) is 3.24. The molecule has 8 nitrogen and oxygen atoms in total. The highest BCUT2D eigenvalue weighted by Crippen LogP contribution is 2.24. The minimum Gasteiger partial charge on any atom is -0.422 e. The summed E-state index contributed by atoms with van der Waals surface area (Å²) in [5.74, 6) is 0.745. The van der Waals surface area contributed by atoms with Gasteiger partial charge >= 0.3 is 6.09 Å². The maximum Gasteiger partial charge on any atom is 0.412 e. The summed E-state index contributed by atoms with van der Waals surface area (Å²) in [6, 6.07) is 7.36. The van der Waals surface area contributed by atoms with Gasteiger partial charge in [0.15, 0.2) is 0 Å². The summed E-state index contributed by atoms with van der Waals surface area (Å²) in [7, 11) is 0. The molecule has 1 aliphatic carbocycles. The van der Waals surface area contributed by atoms with Crippen molar-refractivity contribution in [3.63, 3.8) is 0 Å². The number of amides is 1. The van der Waals surface area contributed by atoms with Crippen molar-refractivity contribution < 1.29 is 13.9 Å². The van der Waals surface area contributed by atoms with E-state index in [0.717, 1.165) is 31.2 Å². The van der Waals surface area contributed by atoms with Crippen molar-refractivity contribution in [2.45, 2.75) is 38.1 Å². The van der Waals surface area contributed by atoms with Crippen LogP contribution in [0.15, 0.2) is 47.5 Å². The molecule has 0 aliphatic heterocycles. The molecule has 1 aliphatic rings. The Morgan fingerprint density at radius 2 is 2.00 bits per heavy atom. The van der Waals surface area contributed by atoms with E-state index in [-0.39, 0.29) is 6.04 Å². The predicted molar refractivity (Wildman–Crippen MR) is 96.8 cm³/mol. The highest BCUT2D eigenvalue weighted by Gasteiger charge is 2.17. The Morgan fingerprint density at radius 3 is 2.81 bits per heavy atom. The SMILES string of the molecule is O=C(NC1CCCCC1)Oc1cccc(-c2cncc(-c3nnco3)n2)c1. The quantitative estimate of drug-likeness (QED) is 0.753. The minimum absolute atomic E-state index is 0.200. The standard InChI is InChI=1S/C19H19N5O3/c25-19(22-14-6-2-1-3-7-14)27-15-8-4-5-13(9-15)16-10-20-11-17(23-16)18-24-21-12-26-18/h4-5,8-12,14H,1-3,6-7H2,(H,22,25). The van der Waals surface area contributed by atoms with Crippen LogP contribution in [0.25, 0.3) is 22.8 Å². The van der Waals surface area contributed by atoms with E-state index in [9.17, 15) is 4.79 Å². The van der Waals surface area contributed by atoms with Crippen LogP contribution >= 0.6 is 0 Å². The Bertz CT molecular complexity index is 907. The molecule has 0 saturated heterocycles. The van der Waals surface area contributed by atoms with Gasteiger partial charge in [0.25, 0.3) is 5.89 Å². The summed E-state index contributed by atoms with van der Waals surface area (Å²) in [4.78, 5) is 20.8. The third-order valence-electron chi connectivity index (χ3n) is 4.48. The molecular formula is C19H19N5O3. The van der Waals surface area contributed by atoms with Crippen LogP contribution in [0, 0.1) is 0 Å². The Labute approximate surface area is 156 Å². The van der Waals surface area contributed by atoms with E-state index in [0.29, 0.717) is 23.0 Å². The Hall–Kier alpha value is -3.29. The molecule has 138 valence electrons. The van der Waals surface area contributed by atoms with Crippen LogP contribution in [0.2, 0.25) is 0 Å². The van der Waals surface area contributed by atoms with Gasteiger partial charge in [-0.25, -0.2) is 9.78 Å². The van der Waals surface area contributed by atoms with Gasteiger partial charge in [-0.2, -0.15) is 0 Å². The smallest absolute Gasteiger partial charge is 0.412 e. The van der Waals surface area contributed by atoms with Gasteiger partial charge < -0.3 is 14.5 Å². The fourth-order valence-electron chi connectivity index (χ4n) is 3.16. The molecule has 1 amide bonds. The number of rotatable bonds is 4. The maximum absolute atomic E-state index is 12.1. The van der Waals surface area contributed by atoms with Crippen molar-refractivity contribution in [1.29, 1.82) is 0 Å². The van der Waals surface area contributed by atoms with E-state index < -0.39 is 6.09 Å². The first-order valence-corrected chi connectivity index (χ1v) is 8.95. The molecule has 4 rings (SSSR count). The summed E-state index contributed by atoms with van der Waals surface area (Å²) in [6.07, 6.45) is 9.54. The zero-order valence-corrected chi connectivity index (χ0v) is 14.7. The Balaban J connectivity index is 1.47. The van der Waals surface area contributed by atoms with Crippen molar-refractivity contribution in [2.75, 3.05) is 0 Å². The van der Waals surface area contributed by atoms with Crippen molar-refractivity contribution in [3.8, 4) is 28.6 Å². The van der Waals surface area contributed by atoms with Crippen LogP contribution in [0.4, 0.5) is 4.79 Å². The molecule has 1 fully saturated rings. The number of nitrogens with zero attached hydrogens (tertiary/aromatic N) is 4. The number of aromatic nitrogens is 4. The van der Waals surface area contributed by atoms with Crippen LogP contribution in [0.3, 0.4) is 0 Å². The highest BCUT2D eigenvalue weighted by molar-refractivity contribution is 5.72. The molecule has 2 aromatic heterocycles. The summed E-state index contributed by atoms with van der Waals surface area (Å²) < 4.78 is 10.6. The summed E-state index contributed by atoms with van der Waals surface area (Å²) in [5, 5.41) is 10.4. The van der Waals surface area contributed by atoms with Gasteiger partial charge in [0.2, 0.25) is 6.39 Å². The first-order chi connectivity index (χ1) is 13.3. The number of carbonyl (C=O) groups excluding carboxylic acids is 1. The minimum atomic E-state index is -0.426. The van der Waals surface area contributed by atoms with Crippen LogP contribution in [-0.2, 0) is 0 Å². The van der Waals surface area contributed by atoms with Crippen molar-refractivity contribution in [3.05, 3.63) is 43.1 Å². The van der Waals surface area contributed by atoms with E-state index in [1.165, 1.54) is 12.8 Å². The van der Waals surface area contributed by atoms with E-state index in [1.54, 1.807) is 30.6 Å². The van der Waals surface area contributed by atoms with Gasteiger partial charge in [-0.05, 0) is 25.0 Å². The first kappa shape index (κ1) is 17.1. The van der Waals surface area contributed by atoms with Crippen molar-refractivity contribution in [1.82, 2.24) is 25.5 Å². The average molecular weight is 365 g/mol. The maximum atomic E-state index is 12.1. The lowest BCUT2D eigenvalue weighted by Crippen LogP contribution is -2.37. The molecule has 0 spiro atoms. The zero-order chi connectivity index (χ0) is 18.5. The lowest BCUT2D eigenvalue weighted by Gasteiger charge is -2.22. The van der Waals surface area contributed by atoms with Crippen LogP contribution in [0.5, 0.6) is 5.75 Å². The molecule has 0 atom stereocenters. The molecule has 2 heterocycles. The first-order valence-electron chi connectivity index (χ1n) is 8.95. The largest absolute Gasteiger partial charge is 0.422 e. The van der Waals surface area contributed by atoms with Crippen LogP contribution < -0.4 is 10.1 Å². The molecule has 27 heavy (non-hydrogen) atoms. The number of hydrogen-bond acceptors (Lipinski definition) is 7. The second-order valence-electron chi connectivity index (χ2n) is 6.43. The van der Waals surface area contributed by atoms with E-state index in [2.05, 4.69) is 25.5 Å². The molecule has 1 saturated carbocycles. The van der Waals surface area contributed by atoms with E-state index in [4.69, 9.17) is 9.15 Å². The normalized spacial score (nSPS) is 14.7. The third-order valence-corrected chi connectivity index (χ3v) is 4.48. The molecule has 0 unspecified atom stereocenters. The van der Waals surface area contributed by atoms with Gasteiger partial charge in [0.05, 0.1) is 18.1 Å². The van der Waals surface area contributed by atoms with E-state index in [1.807, 2.05) is 6.07 Å². The van der Waals surface area contributed by atoms with Gasteiger partial charge in [0.1, 0.15) is 11.4 Å². The number of ether oxygens (including phenoxy) is 1. The fraction of sp³-hybridized carbons (Fsp3) is 0.316. The number of carbonyl (C=O) groups is 1. The topological polar surface area (TPSA) is 103 Å². The lowest BCUT2D eigenvalue weighted by atomic mass is 9.96. The molecular weight excluding hydrogens is 346 g/mol. The summed E-state index contributed by atoms with van der Waals surface area (Å²) in [6.45, 7) is 0. The third kappa shape index (κ3) is 4.28. The summed E-state index contributed by atoms with van der Waals surface area (Å²) >= 11 is 0. The number of nitrogens with one attached hydrogen (secondary N) is 1. The summed E-state index contributed by atoms with van der Waals surface area (Å²) in [5.41, 5.74) is 1.86. The second kappa shape index (κ2) is 7.94. The van der Waals surface area contributed by atoms with Crippen molar-refractivity contribution >= 4 is 6.09 Å². The van der Waals surface area contributed by atoms with Gasteiger partial charge in [-0.1, -0.05) is 31.4 Å². The number of hydrogen-bond donors (Lipinski definition) is 1. The van der Waals surface area contributed by atoms with Crippen LogP contribution in [0.1, 0.15) is 32.1 Å².